The summed E-state index contributed by atoms with van der Waals surface area (Å²) < 4.78 is 0. The summed E-state index contributed by atoms with van der Waals surface area (Å²) in [6, 6.07) is 16.3. The highest BCUT2D eigenvalue weighted by Crippen LogP contribution is 2.16. The Morgan fingerprint density at radius 1 is 0.870 bits per heavy atom. The minimum absolute atomic E-state index is 0.0927. The smallest absolute Gasteiger partial charge is 0.319 e. The molecule has 2 rings (SSSR count). The average Bonchev–Trinajstić information content (AvgIpc) is 2.54. The van der Waals surface area contributed by atoms with Gasteiger partial charge in [-0.2, -0.15) is 0 Å². The van der Waals surface area contributed by atoms with Gasteiger partial charge in [0.2, 0.25) is 5.91 Å². The van der Waals surface area contributed by atoms with Crippen molar-refractivity contribution in [3.05, 3.63) is 60.2 Å². The predicted octanol–water partition coefficient (Wildman–Crippen LogP) is 3.57. The highest BCUT2D eigenvalue weighted by Gasteiger charge is 2.06. The minimum Gasteiger partial charge on any atom is -0.329 e. The third-order valence-corrected chi connectivity index (χ3v) is 3.30. The van der Waals surface area contributed by atoms with Crippen molar-refractivity contribution in [3.63, 3.8) is 0 Å². The van der Waals surface area contributed by atoms with E-state index < -0.39 is 6.03 Å². The fourth-order valence-electron chi connectivity index (χ4n) is 2.01. The Hall–Kier alpha value is -2.82. The summed E-state index contributed by atoms with van der Waals surface area (Å²) in [7, 11) is 0. The normalized spacial score (nSPS) is 10.2. The van der Waals surface area contributed by atoms with Gasteiger partial charge in [-0.3, -0.25) is 4.79 Å². The van der Waals surface area contributed by atoms with E-state index in [1.54, 1.807) is 12.1 Å². The molecule has 0 unspecified atom stereocenters. The summed E-state index contributed by atoms with van der Waals surface area (Å²) in [4.78, 5) is 23.5. The molecule has 0 radical (unpaired) electrons. The molecule has 3 N–H and O–H groups in total. The number of urea groups is 1. The summed E-state index contributed by atoms with van der Waals surface area (Å²) in [6.45, 7) is 4.14. The zero-order valence-corrected chi connectivity index (χ0v) is 13.3. The molecule has 23 heavy (non-hydrogen) atoms. The van der Waals surface area contributed by atoms with Gasteiger partial charge in [0, 0.05) is 11.4 Å². The quantitative estimate of drug-likeness (QED) is 0.790. The number of carbonyl (C=O) groups excluding carboxylic acids is 2. The number of benzene rings is 2. The van der Waals surface area contributed by atoms with Gasteiger partial charge >= 0.3 is 6.03 Å². The lowest BCUT2D eigenvalue weighted by Gasteiger charge is -2.10. The Bertz CT molecular complexity index is 652. The van der Waals surface area contributed by atoms with Gasteiger partial charge in [-0.05, 0) is 35.7 Å². The molecule has 5 heteroatoms. The van der Waals surface area contributed by atoms with E-state index in [0.29, 0.717) is 17.3 Å². The number of rotatable bonds is 5. The van der Waals surface area contributed by atoms with Gasteiger partial charge in [-0.15, -0.1) is 0 Å². The van der Waals surface area contributed by atoms with Crippen LogP contribution in [0.2, 0.25) is 0 Å². The molecule has 0 aliphatic heterocycles. The first-order chi connectivity index (χ1) is 11.0. The van der Waals surface area contributed by atoms with Crippen molar-refractivity contribution in [1.82, 2.24) is 5.32 Å². The molecule has 0 fully saturated rings. The lowest BCUT2D eigenvalue weighted by Crippen LogP contribution is -2.35. The Kier molecular flexibility index (Phi) is 5.74. The van der Waals surface area contributed by atoms with Gasteiger partial charge in [0.05, 0.1) is 6.54 Å². The van der Waals surface area contributed by atoms with Crippen LogP contribution in [0.15, 0.2) is 54.6 Å². The predicted molar refractivity (Wildman–Crippen MR) is 92.6 cm³/mol. The minimum atomic E-state index is -0.415. The molecule has 0 saturated heterocycles. The Balaban J connectivity index is 1.77. The Morgan fingerprint density at radius 2 is 1.48 bits per heavy atom. The van der Waals surface area contributed by atoms with Gasteiger partial charge in [-0.25, -0.2) is 4.79 Å². The standard InChI is InChI=1S/C18H21N3O2/c1-13(2)14-8-10-16(11-9-14)20-17(22)12-19-18(23)21-15-6-4-3-5-7-15/h3-11,13H,12H2,1-2H3,(H,20,22)(H2,19,21,23). The largest absolute Gasteiger partial charge is 0.329 e. The van der Waals surface area contributed by atoms with E-state index in [0.717, 1.165) is 0 Å². The number of anilines is 2. The molecular formula is C18H21N3O2. The van der Waals surface area contributed by atoms with E-state index in [9.17, 15) is 9.59 Å². The summed E-state index contributed by atoms with van der Waals surface area (Å²) in [5.41, 5.74) is 2.60. The Morgan fingerprint density at radius 3 is 2.09 bits per heavy atom. The second-order valence-electron chi connectivity index (χ2n) is 5.50. The van der Waals surface area contributed by atoms with Gasteiger partial charge < -0.3 is 16.0 Å². The molecule has 0 aliphatic rings. The summed E-state index contributed by atoms with van der Waals surface area (Å²) >= 11 is 0. The van der Waals surface area contributed by atoms with Crippen molar-refractivity contribution in [3.8, 4) is 0 Å². The molecule has 0 aliphatic carbocycles. The number of hydrogen-bond acceptors (Lipinski definition) is 2. The van der Waals surface area contributed by atoms with Crippen molar-refractivity contribution in [2.24, 2.45) is 0 Å². The number of para-hydroxylation sites is 1. The molecule has 0 aromatic heterocycles. The second-order valence-corrected chi connectivity index (χ2v) is 5.50. The molecule has 2 aromatic rings. The van der Waals surface area contributed by atoms with Crippen LogP contribution >= 0.6 is 0 Å². The van der Waals surface area contributed by atoms with E-state index in [2.05, 4.69) is 29.8 Å². The fraction of sp³-hybridized carbons (Fsp3) is 0.222. The van der Waals surface area contributed by atoms with Crippen molar-refractivity contribution < 1.29 is 9.59 Å². The number of nitrogens with one attached hydrogen (secondary N) is 3. The zero-order valence-electron chi connectivity index (χ0n) is 13.3. The topological polar surface area (TPSA) is 70.2 Å². The maximum atomic E-state index is 11.8. The van der Waals surface area contributed by atoms with Crippen molar-refractivity contribution in [1.29, 1.82) is 0 Å². The van der Waals surface area contributed by atoms with E-state index in [4.69, 9.17) is 0 Å². The van der Waals surface area contributed by atoms with E-state index >= 15 is 0 Å². The van der Waals surface area contributed by atoms with Crippen LogP contribution in [0.3, 0.4) is 0 Å². The zero-order chi connectivity index (χ0) is 16.7. The first kappa shape index (κ1) is 16.5. The van der Waals surface area contributed by atoms with Crippen LogP contribution in [0.25, 0.3) is 0 Å². The van der Waals surface area contributed by atoms with Crippen LogP contribution in [0, 0.1) is 0 Å². The van der Waals surface area contributed by atoms with Crippen LogP contribution in [-0.4, -0.2) is 18.5 Å². The molecule has 3 amide bonds. The highest BCUT2D eigenvalue weighted by molar-refractivity contribution is 5.96. The Labute approximate surface area is 136 Å². The first-order valence-electron chi connectivity index (χ1n) is 7.54. The van der Waals surface area contributed by atoms with E-state index in [1.807, 2.05) is 42.5 Å². The van der Waals surface area contributed by atoms with E-state index in [-0.39, 0.29) is 12.5 Å². The lowest BCUT2D eigenvalue weighted by molar-refractivity contribution is -0.115. The van der Waals surface area contributed by atoms with Gasteiger partial charge in [0.15, 0.2) is 0 Å². The van der Waals surface area contributed by atoms with E-state index in [1.165, 1.54) is 5.56 Å². The first-order valence-corrected chi connectivity index (χ1v) is 7.54. The maximum absolute atomic E-state index is 11.8. The lowest BCUT2D eigenvalue weighted by atomic mass is 10.0. The van der Waals surface area contributed by atoms with Crippen LogP contribution in [0.5, 0.6) is 0 Å². The monoisotopic (exact) mass is 311 g/mol. The average molecular weight is 311 g/mol. The summed E-state index contributed by atoms with van der Waals surface area (Å²) in [5, 5.41) is 7.92. The molecule has 0 bridgehead atoms. The van der Waals surface area contributed by atoms with Crippen LogP contribution in [0.1, 0.15) is 25.3 Å². The number of hydrogen-bond donors (Lipinski definition) is 3. The third kappa shape index (κ3) is 5.47. The highest BCUT2D eigenvalue weighted by atomic mass is 16.2. The van der Waals surface area contributed by atoms with Gasteiger partial charge in [0.25, 0.3) is 0 Å². The molecule has 0 spiro atoms. The van der Waals surface area contributed by atoms with Gasteiger partial charge in [0.1, 0.15) is 0 Å². The van der Waals surface area contributed by atoms with Crippen molar-refractivity contribution in [2.45, 2.75) is 19.8 Å². The summed E-state index contributed by atoms with van der Waals surface area (Å²) in [5.74, 6) is 0.175. The molecule has 0 saturated carbocycles. The SMILES string of the molecule is CC(C)c1ccc(NC(=O)CNC(=O)Nc2ccccc2)cc1. The molecule has 0 atom stereocenters. The van der Waals surface area contributed by atoms with Crippen LogP contribution < -0.4 is 16.0 Å². The molecule has 2 aromatic carbocycles. The molecular weight excluding hydrogens is 290 g/mol. The maximum Gasteiger partial charge on any atom is 0.319 e. The molecule has 5 nitrogen and oxygen atoms in total. The third-order valence-electron chi connectivity index (χ3n) is 3.30. The number of amides is 3. The number of carbonyl (C=O) groups is 2. The van der Waals surface area contributed by atoms with Crippen LogP contribution in [0.4, 0.5) is 16.2 Å². The van der Waals surface area contributed by atoms with Crippen molar-refractivity contribution in [2.75, 3.05) is 17.2 Å². The summed E-state index contributed by atoms with van der Waals surface area (Å²) in [6.07, 6.45) is 0. The van der Waals surface area contributed by atoms with Gasteiger partial charge in [-0.1, -0.05) is 44.2 Å². The van der Waals surface area contributed by atoms with Crippen molar-refractivity contribution >= 4 is 23.3 Å². The second kappa shape index (κ2) is 7.98. The fourth-order valence-corrected chi connectivity index (χ4v) is 2.01. The molecule has 0 heterocycles. The molecule has 120 valence electrons. The van der Waals surface area contributed by atoms with Crippen LogP contribution in [-0.2, 0) is 4.79 Å².